The number of unbranched alkanes of at least 4 members (excludes halogenated alkanes) is 2. The standard InChI is InChI=1S/C44H46ClN3O10/c1-24-17-32-37(42(52)44(24)43(53)38-31(55-3)20-33(56-4)39(45)41(38)58-44)29(40(57-32)26-12-14-28(54-2)15-13-26)19-34(49)46-16-7-5-6-10-35(50)47-21-25-18-27(23-47)30-9-8-11-36(51)48(30)22-25/h8-9,11-15,20,24-25,27H,5-7,10,16-19,21-23H2,1-4H3,(H,46,49). The van der Waals surface area contributed by atoms with Gasteiger partial charge in [-0.2, -0.15) is 0 Å². The van der Waals surface area contributed by atoms with Crippen LogP contribution in [0, 0.1) is 11.8 Å². The molecule has 0 saturated carbocycles. The van der Waals surface area contributed by atoms with Gasteiger partial charge in [0.2, 0.25) is 29.0 Å². The predicted molar refractivity (Wildman–Crippen MR) is 213 cm³/mol. The average molecular weight is 812 g/mol. The lowest BCUT2D eigenvalue weighted by Gasteiger charge is -2.42. The summed E-state index contributed by atoms with van der Waals surface area (Å²) in [5.41, 5.74) is 0.231. The third-order valence-electron chi connectivity index (χ3n) is 12.2. The van der Waals surface area contributed by atoms with Crippen LogP contribution in [0.15, 0.2) is 57.7 Å². The summed E-state index contributed by atoms with van der Waals surface area (Å²) in [5, 5.41) is 3.02. The van der Waals surface area contributed by atoms with Crippen LogP contribution in [-0.2, 0) is 29.0 Å². The Morgan fingerprint density at radius 2 is 1.67 bits per heavy atom. The van der Waals surface area contributed by atoms with Gasteiger partial charge in [-0.1, -0.05) is 31.0 Å². The number of nitrogens with zero attached hydrogens (tertiary/aromatic N) is 2. The van der Waals surface area contributed by atoms with Crippen molar-refractivity contribution in [2.45, 2.75) is 69.9 Å². The summed E-state index contributed by atoms with van der Waals surface area (Å²) in [7, 11) is 4.39. The number of ketones is 2. The maximum absolute atomic E-state index is 14.9. The number of fused-ring (bicyclic) bond motifs is 6. The summed E-state index contributed by atoms with van der Waals surface area (Å²) in [6, 6.07) is 14.0. The second-order valence-electron chi connectivity index (χ2n) is 15.7. The van der Waals surface area contributed by atoms with Crippen LogP contribution in [0.5, 0.6) is 23.0 Å². The van der Waals surface area contributed by atoms with Crippen LogP contribution < -0.4 is 29.8 Å². The highest BCUT2D eigenvalue weighted by Gasteiger charge is 2.63. The highest BCUT2D eigenvalue weighted by molar-refractivity contribution is 6.36. The average Bonchev–Trinajstić information content (AvgIpc) is 3.74. The maximum atomic E-state index is 14.9. The molecule has 2 aromatic carbocycles. The molecular weight excluding hydrogens is 766 g/mol. The van der Waals surface area contributed by atoms with Crippen LogP contribution in [0.25, 0.3) is 11.3 Å². The molecule has 2 aromatic heterocycles. The number of pyridine rings is 1. The zero-order chi connectivity index (χ0) is 40.9. The molecule has 0 radical (unpaired) electrons. The van der Waals surface area contributed by atoms with E-state index in [1.54, 1.807) is 50.4 Å². The van der Waals surface area contributed by atoms with Gasteiger partial charge in [-0.25, -0.2) is 0 Å². The number of Topliss-reactive ketones (excluding diaryl/α,β-unsaturated/α-hetero) is 2. The number of carbonyl (C=O) groups is 4. The summed E-state index contributed by atoms with van der Waals surface area (Å²) in [4.78, 5) is 70.4. The maximum Gasteiger partial charge on any atom is 0.250 e. The van der Waals surface area contributed by atoms with E-state index in [-0.39, 0.29) is 75.4 Å². The zero-order valence-electron chi connectivity index (χ0n) is 33.0. The first-order chi connectivity index (χ1) is 28.0. The molecule has 1 saturated heterocycles. The molecule has 1 spiro atoms. The summed E-state index contributed by atoms with van der Waals surface area (Å²) in [5.74, 6) is 0.0850. The molecular formula is C44H46ClN3O10. The van der Waals surface area contributed by atoms with Crippen molar-refractivity contribution in [3.63, 3.8) is 0 Å². The van der Waals surface area contributed by atoms with E-state index in [4.69, 9.17) is 35.0 Å². The molecule has 4 aliphatic rings. The van der Waals surface area contributed by atoms with E-state index < -0.39 is 23.1 Å². The van der Waals surface area contributed by atoms with Crippen molar-refractivity contribution < 1.29 is 42.5 Å². The van der Waals surface area contributed by atoms with E-state index >= 15 is 0 Å². The Labute approximate surface area is 340 Å². The van der Waals surface area contributed by atoms with E-state index in [2.05, 4.69) is 5.32 Å². The zero-order valence-corrected chi connectivity index (χ0v) is 33.7. The summed E-state index contributed by atoms with van der Waals surface area (Å²) in [6.45, 7) is 4.05. The van der Waals surface area contributed by atoms with Gasteiger partial charge < -0.3 is 38.1 Å². The number of hydrogen-bond donors (Lipinski definition) is 1. The molecule has 58 heavy (non-hydrogen) atoms. The number of benzene rings is 2. The molecule has 2 bridgehead atoms. The Morgan fingerprint density at radius 3 is 2.41 bits per heavy atom. The first-order valence-electron chi connectivity index (χ1n) is 19.7. The number of nitrogens with one attached hydrogen (secondary N) is 1. The van der Waals surface area contributed by atoms with Crippen LogP contribution in [0.4, 0.5) is 0 Å². The molecule has 14 heteroatoms. The number of piperidine rings is 1. The van der Waals surface area contributed by atoms with Crippen LogP contribution in [0.2, 0.25) is 5.02 Å². The number of aromatic nitrogens is 1. The smallest absolute Gasteiger partial charge is 0.250 e. The second-order valence-corrected chi connectivity index (χ2v) is 16.0. The Bertz CT molecular complexity index is 2370. The molecule has 2 amide bonds. The molecule has 1 aliphatic carbocycles. The van der Waals surface area contributed by atoms with Crippen molar-refractivity contribution in [2.75, 3.05) is 41.0 Å². The van der Waals surface area contributed by atoms with Crippen LogP contribution >= 0.6 is 11.6 Å². The number of carbonyl (C=O) groups excluding carboxylic acids is 4. The van der Waals surface area contributed by atoms with Crippen molar-refractivity contribution in [1.82, 2.24) is 14.8 Å². The normalized spacial score (nSPS) is 21.5. The Balaban J connectivity index is 0.950. The van der Waals surface area contributed by atoms with E-state index in [0.717, 1.165) is 18.5 Å². The lowest BCUT2D eigenvalue weighted by atomic mass is 9.70. The third kappa shape index (κ3) is 6.62. The van der Waals surface area contributed by atoms with Crippen molar-refractivity contribution in [3.8, 4) is 34.3 Å². The molecule has 1 N–H and O–H groups in total. The topological polar surface area (TPSA) is 156 Å². The highest BCUT2D eigenvalue weighted by Crippen LogP contribution is 2.54. The number of hydrogen-bond acceptors (Lipinski definition) is 10. The van der Waals surface area contributed by atoms with E-state index in [0.29, 0.717) is 73.8 Å². The second kappa shape index (κ2) is 15.7. The van der Waals surface area contributed by atoms with E-state index in [1.807, 2.05) is 15.5 Å². The predicted octanol–water partition coefficient (Wildman–Crippen LogP) is 6.04. The van der Waals surface area contributed by atoms with Gasteiger partial charge in [0.05, 0.1) is 33.3 Å². The molecule has 3 aliphatic heterocycles. The summed E-state index contributed by atoms with van der Waals surface area (Å²) < 4.78 is 30.9. The first kappa shape index (κ1) is 39.3. The SMILES string of the molecule is COc1ccc(-c2oc3c(c2CC(=O)NCCCCCC(=O)N2CC4CC(C2)c2cccc(=O)n2C4)C(=O)C2(Oc4c(Cl)c(OC)cc(OC)c4C2=O)C(C)C3)cc1. The minimum Gasteiger partial charge on any atom is -0.497 e. The lowest BCUT2D eigenvalue weighted by Crippen LogP contribution is -2.56. The number of likely N-dealkylation sites (tertiary alicyclic amines) is 1. The Hall–Kier alpha value is -5.56. The first-order valence-corrected chi connectivity index (χ1v) is 20.1. The lowest BCUT2D eigenvalue weighted by molar-refractivity contribution is -0.134. The number of halogens is 1. The van der Waals surface area contributed by atoms with Crippen molar-refractivity contribution >= 4 is 35.0 Å². The Kier molecular flexibility index (Phi) is 10.6. The summed E-state index contributed by atoms with van der Waals surface area (Å²) >= 11 is 6.65. The van der Waals surface area contributed by atoms with Crippen LogP contribution in [0.1, 0.15) is 82.7 Å². The molecule has 4 aromatic rings. The fourth-order valence-corrected chi connectivity index (χ4v) is 9.53. The molecule has 304 valence electrons. The van der Waals surface area contributed by atoms with Gasteiger partial charge in [-0.05, 0) is 55.5 Å². The fraction of sp³-hybridized carbons (Fsp3) is 0.432. The van der Waals surface area contributed by atoms with Gasteiger partial charge in [0, 0.05) is 79.8 Å². The van der Waals surface area contributed by atoms with Crippen LogP contribution in [0.3, 0.4) is 0 Å². The minimum atomic E-state index is -1.97. The van der Waals surface area contributed by atoms with Gasteiger partial charge in [-0.3, -0.25) is 24.0 Å². The van der Waals surface area contributed by atoms with Crippen molar-refractivity contribution in [2.24, 2.45) is 11.8 Å². The quantitative estimate of drug-likeness (QED) is 0.132. The number of ether oxygens (including phenoxy) is 4. The summed E-state index contributed by atoms with van der Waals surface area (Å²) in [6.07, 6.45) is 3.45. The van der Waals surface area contributed by atoms with Gasteiger partial charge in [0.25, 0.3) is 5.56 Å². The van der Waals surface area contributed by atoms with Gasteiger partial charge in [-0.15, -0.1) is 0 Å². The number of rotatable bonds is 12. The Morgan fingerprint density at radius 1 is 0.914 bits per heavy atom. The molecule has 1 fully saturated rings. The third-order valence-corrected chi connectivity index (χ3v) is 12.5. The van der Waals surface area contributed by atoms with Crippen LogP contribution in [-0.4, -0.2) is 79.4 Å². The van der Waals surface area contributed by atoms with E-state index in [1.165, 1.54) is 20.3 Å². The number of methoxy groups -OCH3 is 3. The van der Waals surface area contributed by atoms with Crippen molar-refractivity contribution in [1.29, 1.82) is 0 Å². The molecule has 4 atom stereocenters. The minimum absolute atomic E-state index is 0.00802. The van der Waals surface area contributed by atoms with Gasteiger partial charge in [0.1, 0.15) is 39.4 Å². The molecule has 5 heterocycles. The van der Waals surface area contributed by atoms with Gasteiger partial charge >= 0.3 is 0 Å². The highest BCUT2D eigenvalue weighted by atomic mass is 35.5. The molecule has 4 unspecified atom stereocenters. The number of amides is 2. The fourth-order valence-electron chi connectivity index (χ4n) is 9.26. The molecule has 13 nitrogen and oxygen atoms in total. The largest absolute Gasteiger partial charge is 0.497 e. The molecule has 8 rings (SSSR count). The monoisotopic (exact) mass is 811 g/mol. The number of furan rings is 1. The van der Waals surface area contributed by atoms with Crippen molar-refractivity contribution in [3.05, 3.63) is 92.1 Å². The van der Waals surface area contributed by atoms with Gasteiger partial charge in [0.15, 0.2) is 5.75 Å². The van der Waals surface area contributed by atoms with E-state index in [9.17, 15) is 24.0 Å².